The molecule has 2 rings (SSSR count). The molecular weight excluding hydrogens is 302 g/mol. The maximum atomic E-state index is 11.4. The first-order valence-corrected chi connectivity index (χ1v) is 7.28. The van der Waals surface area contributed by atoms with Crippen LogP contribution in [0.3, 0.4) is 0 Å². The topological polar surface area (TPSA) is 75.6 Å². The van der Waals surface area contributed by atoms with Gasteiger partial charge in [0, 0.05) is 5.38 Å². The van der Waals surface area contributed by atoms with E-state index in [1.807, 2.05) is 30.3 Å². The molecule has 6 heteroatoms. The number of rotatable bonds is 4. The molecule has 2 aromatic rings. The molecule has 112 valence electrons. The van der Waals surface area contributed by atoms with E-state index in [1.165, 1.54) is 22.8 Å². The van der Waals surface area contributed by atoms with Gasteiger partial charge in [0.15, 0.2) is 0 Å². The first-order chi connectivity index (χ1) is 10.6. The van der Waals surface area contributed by atoms with Crippen molar-refractivity contribution in [3.8, 4) is 11.8 Å². The van der Waals surface area contributed by atoms with Gasteiger partial charge in [-0.2, -0.15) is 0 Å². The molecule has 2 N–H and O–H groups in total. The minimum absolute atomic E-state index is 0.133. The van der Waals surface area contributed by atoms with Crippen molar-refractivity contribution < 1.29 is 19.4 Å². The maximum Gasteiger partial charge on any atom is 0.408 e. The third-order valence-electron chi connectivity index (χ3n) is 2.59. The van der Waals surface area contributed by atoms with E-state index >= 15 is 0 Å². The molecule has 1 heterocycles. The van der Waals surface area contributed by atoms with Crippen molar-refractivity contribution in [3.05, 3.63) is 57.8 Å². The van der Waals surface area contributed by atoms with Crippen LogP contribution in [0.4, 0.5) is 4.79 Å². The van der Waals surface area contributed by atoms with Crippen LogP contribution >= 0.6 is 11.3 Å². The molecule has 0 aliphatic carbocycles. The maximum absolute atomic E-state index is 11.4. The molecule has 0 unspecified atom stereocenters. The largest absolute Gasteiger partial charge is 0.478 e. The van der Waals surface area contributed by atoms with E-state index in [9.17, 15) is 9.59 Å². The molecule has 0 spiro atoms. The number of hydrogen-bond acceptors (Lipinski definition) is 4. The summed E-state index contributed by atoms with van der Waals surface area (Å²) >= 11 is 1.25. The average Bonchev–Trinajstić information content (AvgIpc) is 3.00. The van der Waals surface area contributed by atoms with Gasteiger partial charge in [-0.25, -0.2) is 9.59 Å². The van der Waals surface area contributed by atoms with Crippen LogP contribution in [0.5, 0.6) is 0 Å². The van der Waals surface area contributed by atoms with Crippen LogP contribution in [0.2, 0.25) is 0 Å². The second kappa shape index (κ2) is 7.86. The zero-order chi connectivity index (χ0) is 15.8. The van der Waals surface area contributed by atoms with Gasteiger partial charge >= 0.3 is 12.1 Å². The molecule has 0 bridgehead atoms. The number of carboxylic acids is 1. The Labute approximate surface area is 131 Å². The third kappa shape index (κ3) is 4.96. The first-order valence-electron chi connectivity index (χ1n) is 6.40. The van der Waals surface area contributed by atoms with Gasteiger partial charge in [0.05, 0.1) is 17.0 Å². The lowest BCUT2D eigenvalue weighted by Crippen LogP contribution is -2.24. The van der Waals surface area contributed by atoms with E-state index in [1.54, 1.807) is 0 Å². The van der Waals surface area contributed by atoms with Gasteiger partial charge in [-0.15, -0.1) is 11.3 Å². The van der Waals surface area contributed by atoms with Crippen LogP contribution in [0.1, 0.15) is 20.8 Å². The highest BCUT2D eigenvalue weighted by atomic mass is 32.1. The summed E-state index contributed by atoms with van der Waals surface area (Å²) in [7, 11) is 0. The van der Waals surface area contributed by atoms with Gasteiger partial charge in [0.1, 0.15) is 6.61 Å². The monoisotopic (exact) mass is 315 g/mol. The Hall–Kier alpha value is -2.78. The highest BCUT2D eigenvalue weighted by Crippen LogP contribution is 2.12. The Morgan fingerprint density at radius 2 is 2.05 bits per heavy atom. The molecule has 0 radical (unpaired) electrons. The zero-order valence-corrected chi connectivity index (χ0v) is 12.4. The van der Waals surface area contributed by atoms with Gasteiger partial charge in [0.2, 0.25) is 0 Å². The molecule has 0 fully saturated rings. The van der Waals surface area contributed by atoms with Gasteiger partial charge in [0.25, 0.3) is 0 Å². The Morgan fingerprint density at radius 3 is 2.73 bits per heavy atom. The molecular formula is C16H13NO4S. The Balaban J connectivity index is 1.73. The predicted octanol–water partition coefficient (Wildman–Crippen LogP) is 2.72. The van der Waals surface area contributed by atoms with Crippen molar-refractivity contribution in [2.75, 3.05) is 6.54 Å². The number of nitrogens with one attached hydrogen (secondary N) is 1. The van der Waals surface area contributed by atoms with Crippen LogP contribution < -0.4 is 5.32 Å². The Morgan fingerprint density at radius 1 is 1.27 bits per heavy atom. The van der Waals surface area contributed by atoms with Crippen LogP contribution in [-0.4, -0.2) is 23.7 Å². The number of carboxylic acid groups (broad SMARTS) is 1. The smallest absolute Gasteiger partial charge is 0.408 e. The van der Waals surface area contributed by atoms with Crippen molar-refractivity contribution in [1.29, 1.82) is 0 Å². The average molecular weight is 315 g/mol. The standard InChI is InChI=1S/C16H13NO4S/c18-15(19)13-9-14(22-11-13)7-4-8-17-16(20)21-10-12-5-2-1-3-6-12/h1-3,5-6,9,11H,8,10H2,(H,17,20)(H,18,19). The number of thiophene rings is 1. The Kier molecular flexibility index (Phi) is 5.57. The highest BCUT2D eigenvalue weighted by Gasteiger charge is 2.04. The second-order valence-corrected chi connectivity index (χ2v) is 5.13. The summed E-state index contributed by atoms with van der Waals surface area (Å²) in [6.45, 7) is 0.334. The molecule has 1 amide bonds. The van der Waals surface area contributed by atoms with Gasteiger partial charge in [-0.3, -0.25) is 0 Å². The minimum atomic E-state index is -0.980. The van der Waals surface area contributed by atoms with Gasteiger partial charge < -0.3 is 15.2 Å². The summed E-state index contributed by atoms with van der Waals surface area (Å²) < 4.78 is 5.02. The van der Waals surface area contributed by atoms with E-state index in [4.69, 9.17) is 9.84 Å². The van der Waals surface area contributed by atoms with Crippen LogP contribution in [0.15, 0.2) is 41.8 Å². The number of carbonyl (C=O) groups is 2. The lowest BCUT2D eigenvalue weighted by atomic mass is 10.2. The van der Waals surface area contributed by atoms with E-state index in [2.05, 4.69) is 17.2 Å². The van der Waals surface area contributed by atoms with Gasteiger partial charge in [-0.1, -0.05) is 42.2 Å². The fourth-order valence-corrected chi connectivity index (χ4v) is 2.28. The summed E-state index contributed by atoms with van der Waals surface area (Å²) in [5.74, 6) is 4.54. The quantitative estimate of drug-likeness (QED) is 0.851. The molecule has 22 heavy (non-hydrogen) atoms. The third-order valence-corrected chi connectivity index (χ3v) is 3.44. The first kappa shape index (κ1) is 15.6. The number of amides is 1. The normalized spacial score (nSPS) is 9.45. The fraction of sp³-hybridized carbons (Fsp3) is 0.125. The van der Waals surface area contributed by atoms with E-state index < -0.39 is 12.1 Å². The summed E-state index contributed by atoms with van der Waals surface area (Å²) in [5, 5.41) is 12.8. The predicted molar refractivity (Wildman–Crippen MR) is 82.8 cm³/mol. The molecule has 0 saturated heterocycles. The van der Waals surface area contributed by atoms with Crippen molar-refractivity contribution in [2.45, 2.75) is 6.61 Å². The van der Waals surface area contributed by atoms with E-state index in [-0.39, 0.29) is 18.7 Å². The molecule has 1 aromatic carbocycles. The molecule has 0 saturated carbocycles. The Bertz CT molecular complexity index is 712. The second-order valence-electron chi connectivity index (χ2n) is 4.22. The number of benzene rings is 1. The molecule has 0 atom stereocenters. The summed E-state index contributed by atoms with van der Waals surface area (Å²) in [6, 6.07) is 10.9. The number of hydrogen-bond donors (Lipinski definition) is 2. The summed E-state index contributed by atoms with van der Waals surface area (Å²) in [4.78, 5) is 22.8. The van der Waals surface area contributed by atoms with Crippen LogP contribution in [0.25, 0.3) is 0 Å². The molecule has 0 aliphatic rings. The fourth-order valence-electron chi connectivity index (χ4n) is 1.54. The number of alkyl carbamates (subject to hydrolysis) is 1. The van der Waals surface area contributed by atoms with Crippen molar-refractivity contribution in [3.63, 3.8) is 0 Å². The van der Waals surface area contributed by atoms with Crippen LogP contribution in [0, 0.1) is 11.8 Å². The summed E-state index contributed by atoms with van der Waals surface area (Å²) in [6.07, 6.45) is -0.546. The number of carbonyl (C=O) groups excluding carboxylic acids is 1. The van der Waals surface area contributed by atoms with Crippen molar-refractivity contribution in [2.24, 2.45) is 0 Å². The van der Waals surface area contributed by atoms with Crippen LogP contribution in [-0.2, 0) is 11.3 Å². The lowest BCUT2D eigenvalue weighted by molar-refractivity contribution is 0.0697. The molecule has 1 aromatic heterocycles. The van der Waals surface area contributed by atoms with Gasteiger partial charge in [-0.05, 0) is 11.6 Å². The molecule has 0 aliphatic heterocycles. The SMILES string of the molecule is O=C(NCC#Cc1cc(C(=O)O)cs1)OCc1ccccc1. The van der Waals surface area contributed by atoms with E-state index in [0.717, 1.165) is 5.56 Å². The highest BCUT2D eigenvalue weighted by molar-refractivity contribution is 7.10. The molecule has 5 nitrogen and oxygen atoms in total. The lowest BCUT2D eigenvalue weighted by Gasteiger charge is -2.04. The zero-order valence-electron chi connectivity index (χ0n) is 11.5. The summed E-state index contributed by atoms with van der Waals surface area (Å²) in [5.41, 5.74) is 1.12. The van der Waals surface area contributed by atoms with Crippen molar-refractivity contribution in [1.82, 2.24) is 5.32 Å². The minimum Gasteiger partial charge on any atom is -0.478 e. The number of ether oxygens (including phenoxy) is 1. The van der Waals surface area contributed by atoms with Crippen molar-refractivity contribution >= 4 is 23.4 Å². The number of aromatic carboxylic acids is 1. The van der Waals surface area contributed by atoms with E-state index in [0.29, 0.717) is 4.88 Å².